The van der Waals surface area contributed by atoms with Crippen molar-refractivity contribution >= 4 is 17.6 Å². The number of ether oxygens (including phenoxy) is 1. The predicted molar refractivity (Wildman–Crippen MR) is 92.6 cm³/mol. The van der Waals surface area contributed by atoms with Crippen molar-refractivity contribution in [2.75, 3.05) is 19.7 Å². The molecular formula is C18H20ClNO4. The molecule has 0 saturated carbocycles. The second kappa shape index (κ2) is 9.27. The molecule has 0 saturated heterocycles. The number of aliphatic hydroxyl groups excluding tert-OH is 1. The van der Waals surface area contributed by atoms with Crippen molar-refractivity contribution in [1.29, 1.82) is 0 Å². The fourth-order valence-electron chi connectivity index (χ4n) is 2.20. The fourth-order valence-corrected chi connectivity index (χ4v) is 2.40. The normalized spacial score (nSPS) is 11.9. The van der Waals surface area contributed by atoms with Gasteiger partial charge < -0.3 is 20.3 Å². The van der Waals surface area contributed by atoms with Gasteiger partial charge in [0.25, 0.3) is 0 Å². The first-order valence-electron chi connectivity index (χ1n) is 7.62. The lowest BCUT2D eigenvalue weighted by Crippen LogP contribution is -2.23. The smallest absolute Gasteiger partial charge is 0.341 e. The monoisotopic (exact) mass is 349 g/mol. The lowest BCUT2D eigenvalue weighted by molar-refractivity contribution is -0.139. The van der Waals surface area contributed by atoms with Crippen LogP contribution in [0.5, 0.6) is 5.75 Å². The lowest BCUT2D eigenvalue weighted by atomic mass is 10.1. The van der Waals surface area contributed by atoms with Crippen LogP contribution in [-0.2, 0) is 11.2 Å². The molecular weight excluding hydrogens is 330 g/mol. The SMILES string of the molecule is O=C(O)COc1ccc(CCNC[C@H](O)c2cccc(Cl)c2)cc1. The van der Waals surface area contributed by atoms with Crippen molar-refractivity contribution in [3.05, 3.63) is 64.7 Å². The molecule has 0 unspecified atom stereocenters. The average Bonchev–Trinajstić information content (AvgIpc) is 2.57. The molecule has 24 heavy (non-hydrogen) atoms. The molecule has 0 aromatic heterocycles. The van der Waals surface area contributed by atoms with Gasteiger partial charge in [-0.05, 0) is 48.4 Å². The minimum Gasteiger partial charge on any atom is -0.482 e. The van der Waals surface area contributed by atoms with Gasteiger partial charge in [-0.2, -0.15) is 0 Å². The third-order valence-electron chi connectivity index (χ3n) is 3.45. The van der Waals surface area contributed by atoms with Gasteiger partial charge in [-0.15, -0.1) is 0 Å². The third-order valence-corrected chi connectivity index (χ3v) is 3.68. The molecule has 0 heterocycles. The number of carboxylic acid groups (broad SMARTS) is 1. The molecule has 0 fully saturated rings. The second-order valence-corrected chi connectivity index (χ2v) is 5.79. The van der Waals surface area contributed by atoms with Gasteiger partial charge in [0.1, 0.15) is 5.75 Å². The molecule has 128 valence electrons. The van der Waals surface area contributed by atoms with E-state index in [-0.39, 0.29) is 6.61 Å². The molecule has 2 rings (SSSR count). The number of aliphatic hydroxyl groups is 1. The highest BCUT2D eigenvalue weighted by Crippen LogP contribution is 2.17. The minimum atomic E-state index is -0.999. The van der Waals surface area contributed by atoms with E-state index < -0.39 is 12.1 Å². The van der Waals surface area contributed by atoms with E-state index in [1.807, 2.05) is 24.3 Å². The summed E-state index contributed by atoms with van der Waals surface area (Å²) in [7, 11) is 0. The highest BCUT2D eigenvalue weighted by Gasteiger charge is 2.07. The van der Waals surface area contributed by atoms with E-state index in [0.717, 1.165) is 17.5 Å². The Labute approximate surface area is 145 Å². The Morgan fingerprint density at radius 1 is 1.21 bits per heavy atom. The van der Waals surface area contributed by atoms with Crippen molar-refractivity contribution in [2.24, 2.45) is 0 Å². The summed E-state index contributed by atoms with van der Waals surface area (Å²) in [5.74, 6) is -0.466. The summed E-state index contributed by atoms with van der Waals surface area (Å²) in [6, 6.07) is 14.5. The van der Waals surface area contributed by atoms with Crippen molar-refractivity contribution in [3.8, 4) is 5.75 Å². The molecule has 2 aromatic rings. The van der Waals surface area contributed by atoms with E-state index in [2.05, 4.69) is 5.32 Å². The van der Waals surface area contributed by atoms with Gasteiger partial charge in [0.15, 0.2) is 6.61 Å². The number of rotatable bonds is 9. The molecule has 0 aliphatic rings. The van der Waals surface area contributed by atoms with Gasteiger partial charge >= 0.3 is 5.97 Å². The maximum Gasteiger partial charge on any atom is 0.341 e. The van der Waals surface area contributed by atoms with Crippen LogP contribution >= 0.6 is 11.6 Å². The maximum absolute atomic E-state index is 10.4. The summed E-state index contributed by atoms with van der Waals surface area (Å²) in [4.78, 5) is 10.4. The van der Waals surface area contributed by atoms with Crippen LogP contribution in [0.25, 0.3) is 0 Å². The van der Waals surface area contributed by atoms with Crippen molar-refractivity contribution in [2.45, 2.75) is 12.5 Å². The van der Waals surface area contributed by atoms with E-state index in [9.17, 15) is 9.90 Å². The fraction of sp³-hybridized carbons (Fsp3) is 0.278. The predicted octanol–water partition coefficient (Wildman–Crippen LogP) is 2.67. The van der Waals surface area contributed by atoms with Crippen molar-refractivity contribution in [3.63, 3.8) is 0 Å². The number of carbonyl (C=O) groups is 1. The number of hydrogen-bond donors (Lipinski definition) is 3. The summed E-state index contributed by atoms with van der Waals surface area (Å²) in [5.41, 5.74) is 1.89. The van der Waals surface area contributed by atoms with Gasteiger partial charge in [-0.25, -0.2) is 4.79 Å². The first kappa shape index (κ1) is 18.3. The number of aliphatic carboxylic acids is 1. The van der Waals surface area contributed by atoms with Gasteiger partial charge in [0.2, 0.25) is 0 Å². The molecule has 0 aliphatic heterocycles. The van der Waals surface area contributed by atoms with Gasteiger partial charge in [-0.1, -0.05) is 35.9 Å². The van der Waals surface area contributed by atoms with Crippen LogP contribution in [0.2, 0.25) is 5.02 Å². The Kier molecular flexibility index (Phi) is 7.06. The zero-order valence-corrected chi connectivity index (χ0v) is 13.9. The highest BCUT2D eigenvalue weighted by atomic mass is 35.5. The Morgan fingerprint density at radius 3 is 2.62 bits per heavy atom. The largest absolute Gasteiger partial charge is 0.482 e. The summed E-state index contributed by atoms with van der Waals surface area (Å²) in [5, 5.41) is 22.5. The Bertz CT molecular complexity index is 660. The zero-order chi connectivity index (χ0) is 17.4. The molecule has 1 atom stereocenters. The van der Waals surface area contributed by atoms with E-state index in [4.69, 9.17) is 21.4 Å². The first-order valence-corrected chi connectivity index (χ1v) is 8.00. The average molecular weight is 350 g/mol. The Hall–Kier alpha value is -2.08. The zero-order valence-electron chi connectivity index (χ0n) is 13.1. The van der Waals surface area contributed by atoms with E-state index in [0.29, 0.717) is 23.9 Å². The molecule has 0 aliphatic carbocycles. The molecule has 0 spiro atoms. The number of benzene rings is 2. The molecule has 5 nitrogen and oxygen atoms in total. The second-order valence-electron chi connectivity index (χ2n) is 5.35. The van der Waals surface area contributed by atoms with Crippen molar-refractivity contribution < 1.29 is 19.7 Å². The summed E-state index contributed by atoms with van der Waals surface area (Å²) in [6.45, 7) is 0.815. The maximum atomic E-state index is 10.4. The third kappa shape index (κ3) is 6.20. The van der Waals surface area contributed by atoms with Crippen LogP contribution in [0, 0.1) is 0 Å². The van der Waals surface area contributed by atoms with Crippen LogP contribution < -0.4 is 10.1 Å². The minimum absolute atomic E-state index is 0.345. The van der Waals surface area contributed by atoms with Crippen LogP contribution in [0.4, 0.5) is 0 Å². The van der Waals surface area contributed by atoms with Gasteiger partial charge in [-0.3, -0.25) is 0 Å². The molecule has 3 N–H and O–H groups in total. The van der Waals surface area contributed by atoms with Gasteiger partial charge in [0, 0.05) is 11.6 Å². The number of nitrogens with one attached hydrogen (secondary N) is 1. The standard InChI is InChI=1S/C18H20ClNO4/c19-15-3-1-2-14(10-15)17(21)11-20-9-8-13-4-6-16(7-5-13)24-12-18(22)23/h1-7,10,17,20-21H,8-9,11-12H2,(H,22,23)/t17-/m0/s1. The van der Waals surface area contributed by atoms with Crippen LogP contribution in [0.3, 0.4) is 0 Å². The molecule has 0 radical (unpaired) electrons. The molecule has 2 aromatic carbocycles. The van der Waals surface area contributed by atoms with Crippen LogP contribution in [0.1, 0.15) is 17.2 Å². The van der Waals surface area contributed by atoms with E-state index in [1.54, 1.807) is 24.3 Å². The van der Waals surface area contributed by atoms with E-state index in [1.165, 1.54) is 0 Å². The van der Waals surface area contributed by atoms with E-state index >= 15 is 0 Å². The van der Waals surface area contributed by atoms with Gasteiger partial charge in [0.05, 0.1) is 6.10 Å². The summed E-state index contributed by atoms with van der Waals surface area (Å²) < 4.78 is 5.08. The Morgan fingerprint density at radius 2 is 1.96 bits per heavy atom. The lowest BCUT2D eigenvalue weighted by Gasteiger charge is -2.12. The number of halogens is 1. The molecule has 0 amide bonds. The quantitative estimate of drug-likeness (QED) is 0.607. The summed E-state index contributed by atoms with van der Waals surface area (Å²) >= 11 is 5.91. The molecule has 0 bridgehead atoms. The van der Waals surface area contributed by atoms with Crippen LogP contribution in [-0.4, -0.2) is 35.9 Å². The number of carboxylic acids is 1. The van der Waals surface area contributed by atoms with Crippen LogP contribution in [0.15, 0.2) is 48.5 Å². The number of hydrogen-bond acceptors (Lipinski definition) is 4. The summed E-state index contributed by atoms with van der Waals surface area (Å²) in [6.07, 6.45) is 0.192. The Balaban J connectivity index is 1.71. The van der Waals surface area contributed by atoms with Crippen molar-refractivity contribution in [1.82, 2.24) is 5.32 Å². The topological polar surface area (TPSA) is 78.8 Å². The molecule has 6 heteroatoms. The highest BCUT2D eigenvalue weighted by molar-refractivity contribution is 6.30. The first-order chi connectivity index (χ1) is 11.5.